The molecule has 0 bridgehead atoms. The fraction of sp³-hybridized carbons (Fsp3) is 0.333. The Morgan fingerprint density at radius 1 is 0.882 bits per heavy atom. The monoisotopic (exact) mass is 470 g/mol. The first-order valence-electron chi connectivity index (χ1n) is 11.0. The SMILES string of the molecule is C=C(C)C(=O)Oc1cc(F)c(-c2ccc(OC(=O)C(=C)C)c(COCCC)c2)c(COCC)c1. The molecule has 2 aromatic rings. The van der Waals surface area contributed by atoms with Crippen LogP contribution < -0.4 is 9.47 Å². The van der Waals surface area contributed by atoms with E-state index >= 15 is 4.39 Å². The second kappa shape index (κ2) is 12.8. The van der Waals surface area contributed by atoms with Gasteiger partial charge in [-0.25, -0.2) is 14.0 Å². The van der Waals surface area contributed by atoms with Gasteiger partial charge in [0.2, 0.25) is 0 Å². The maximum absolute atomic E-state index is 15.3. The van der Waals surface area contributed by atoms with Gasteiger partial charge in [-0.3, -0.25) is 0 Å². The number of benzene rings is 2. The van der Waals surface area contributed by atoms with Crippen LogP contribution in [0.5, 0.6) is 11.5 Å². The van der Waals surface area contributed by atoms with E-state index in [1.807, 2.05) is 13.8 Å². The Bertz CT molecular complexity index is 1070. The van der Waals surface area contributed by atoms with Crippen molar-refractivity contribution in [3.63, 3.8) is 0 Å². The lowest BCUT2D eigenvalue weighted by Gasteiger charge is -2.16. The molecule has 0 radical (unpaired) electrons. The highest BCUT2D eigenvalue weighted by atomic mass is 19.1. The molecule has 0 amide bonds. The number of esters is 2. The van der Waals surface area contributed by atoms with Crippen LogP contribution in [0.3, 0.4) is 0 Å². The third-order valence-corrected chi connectivity index (χ3v) is 4.67. The number of hydrogen-bond acceptors (Lipinski definition) is 6. The van der Waals surface area contributed by atoms with Crippen LogP contribution in [0.25, 0.3) is 11.1 Å². The highest BCUT2D eigenvalue weighted by Gasteiger charge is 2.19. The second-order valence-corrected chi connectivity index (χ2v) is 7.79. The predicted octanol–water partition coefficient (Wildman–Crippen LogP) is 5.92. The lowest BCUT2D eigenvalue weighted by atomic mass is 9.97. The van der Waals surface area contributed by atoms with Gasteiger partial charge in [0.05, 0.1) is 13.2 Å². The van der Waals surface area contributed by atoms with Gasteiger partial charge in [0.1, 0.15) is 17.3 Å². The maximum Gasteiger partial charge on any atom is 0.338 e. The summed E-state index contributed by atoms with van der Waals surface area (Å²) in [7, 11) is 0. The summed E-state index contributed by atoms with van der Waals surface area (Å²) in [5.41, 5.74) is 2.37. The molecule has 7 heteroatoms. The van der Waals surface area contributed by atoms with Gasteiger partial charge in [-0.15, -0.1) is 0 Å². The standard InChI is InChI=1S/C27H31FO6/c1-7-11-32-15-20-12-19(9-10-24(20)34-27(30)18(5)6)25-21(16-31-8-2)13-22(14-23(25)28)33-26(29)17(3)4/h9-10,12-14H,3,5,7-8,11,15-16H2,1-2,4,6H3. The molecule has 0 aromatic heterocycles. The summed E-state index contributed by atoms with van der Waals surface area (Å²) in [6.45, 7) is 15.2. The molecule has 0 saturated heterocycles. The van der Waals surface area contributed by atoms with Gasteiger partial charge < -0.3 is 18.9 Å². The molecule has 34 heavy (non-hydrogen) atoms. The normalized spacial score (nSPS) is 10.6. The smallest absolute Gasteiger partial charge is 0.338 e. The Labute approximate surface area is 200 Å². The lowest BCUT2D eigenvalue weighted by molar-refractivity contribution is -0.131. The third kappa shape index (κ3) is 7.37. The molecule has 6 nitrogen and oxygen atoms in total. The zero-order valence-electron chi connectivity index (χ0n) is 20.2. The van der Waals surface area contributed by atoms with Gasteiger partial charge in [0, 0.05) is 41.6 Å². The van der Waals surface area contributed by atoms with E-state index in [1.54, 1.807) is 31.2 Å². The minimum atomic E-state index is -0.645. The molecular weight excluding hydrogens is 439 g/mol. The van der Waals surface area contributed by atoms with Crippen molar-refractivity contribution in [3.05, 3.63) is 71.6 Å². The molecule has 0 aliphatic heterocycles. The van der Waals surface area contributed by atoms with E-state index in [2.05, 4.69) is 13.2 Å². The van der Waals surface area contributed by atoms with E-state index < -0.39 is 17.8 Å². The summed E-state index contributed by atoms with van der Waals surface area (Å²) in [6, 6.07) is 7.67. The van der Waals surface area contributed by atoms with E-state index in [0.717, 1.165) is 12.5 Å². The third-order valence-electron chi connectivity index (χ3n) is 4.67. The summed E-state index contributed by atoms with van der Waals surface area (Å²) in [5, 5.41) is 0. The lowest BCUT2D eigenvalue weighted by Crippen LogP contribution is -2.11. The first kappa shape index (κ1) is 27.0. The van der Waals surface area contributed by atoms with Gasteiger partial charge in [-0.2, -0.15) is 0 Å². The Morgan fingerprint density at radius 2 is 1.53 bits per heavy atom. The zero-order chi connectivity index (χ0) is 25.3. The first-order chi connectivity index (χ1) is 16.2. The van der Waals surface area contributed by atoms with Crippen LogP contribution in [-0.4, -0.2) is 25.2 Å². The van der Waals surface area contributed by atoms with Crippen molar-refractivity contribution >= 4 is 11.9 Å². The molecule has 0 saturated carbocycles. The molecule has 182 valence electrons. The van der Waals surface area contributed by atoms with Crippen molar-refractivity contribution in [2.45, 2.75) is 47.3 Å². The summed E-state index contributed by atoms with van der Waals surface area (Å²) in [6.07, 6.45) is 0.818. The van der Waals surface area contributed by atoms with Crippen molar-refractivity contribution < 1.29 is 32.9 Å². The molecule has 0 N–H and O–H groups in total. The van der Waals surface area contributed by atoms with Gasteiger partial charge in [0.15, 0.2) is 0 Å². The summed E-state index contributed by atoms with van der Waals surface area (Å²) < 4.78 is 37.2. The summed E-state index contributed by atoms with van der Waals surface area (Å²) >= 11 is 0. The quantitative estimate of drug-likeness (QED) is 0.166. The fourth-order valence-corrected chi connectivity index (χ4v) is 3.00. The van der Waals surface area contributed by atoms with Crippen molar-refractivity contribution in [2.75, 3.05) is 13.2 Å². The Balaban J connectivity index is 2.54. The van der Waals surface area contributed by atoms with Gasteiger partial charge in [-0.1, -0.05) is 26.1 Å². The molecule has 2 aromatic carbocycles. The van der Waals surface area contributed by atoms with Crippen LogP contribution in [0.2, 0.25) is 0 Å². The highest BCUT2D eigenvalue weighted by Crippen LogP contribution is 2.35. The topological polar surface area (TPSA) is 71.1 Å². The molecule has 0 aliphatic carbocycles. The molecule has 2 rings (SSSR count). The minimum Gasteiger partial charge on any atom is -0.423 e. The predicted molar refractivity (Wildman–Crippen MR) is 128 cm³/mol. The van der Waals surface area contributed by atoms with Crippen LogP contribution >= 0.6 is 0 Å². The summed E-state index contributed by atoms with van der Waals surface area (Å²) in [4.78, 5) is 24.0. The van der Waals surface area contributed by atoms with Gasteiger partial charge in [0.25, 0.3) is 0 Å². The maximum atomic E-state index is 15.3. The van der Waals surface area contributed by atoms with E-state index in [1.165, 1.54) is 6.92 Å². The first-order valence-corrected chi connectivity index (χ1v) is 11.0. The number of rotatable bonds is 12. The molecule has 0 atom stereocenters. The summed E-state index contributed by atoms with van der Waals surface area (Å²) in [5.74, 6) is -1.42. The fourth-order valence-electron chi connectivity index (χ4n) is 3.00. The van der Waals surface area contributed by atoms with Crippen LogP contribution in [0, 0.1) is 5.82 Å². The van der Waals surface area contributed by atoms with E-state index in [4.69, 9.17) is 18.9 Å². The zero-order valence-corrected chi connectivity index (χ0v) is 20.2. The Hall–Kier alpha value is -3.29. The molecular formula is C27H31FO6. The van der Waals surface area contributed by atoms with Crippen LogP contribution in [-0.2, 0) is 32.3 Å². The van der Waals surface area contributed by atoms with Crippen LogP contribution in [0.15, 0.2) is 54.6 Å². The van der Waals surface area contributed by atoms with Crippen LogP contribution in [0.4, 0.5) is 4.39 Å². The number of ether oxygens (including phenoxy) is 4. The van der Waals surface area contributed by atoms with Gasteiger partial charge >= 0.3 is 11.9 Å². The molecule has 0 aliphatic rings. The number of halogens is 1. The van der Waals surface area contributed by atoms with E-state index in [9.17, 15) is 9.59 Å². The molecule has 0 spiro atoms. The van der Waals surface area contributed by atoms with Gasteiger partial charge in [-0.05, 0) is 56.5 Å². The van der Waals surface area contributed by atoms with Crippen LogP contribution in [0.1, 0.15) is 45.2 Å². The number of hydrogen-bond donors (Lipinski definition) is 0. The molecule has 0 fully saturated rings. The largest absolute Gasteiger partial charge is 0.423 e. The molecule has 0 heterocycles. The van der Waals surface area contributed by atoms with Crippen molar-refractivity contribution in [1.29, 1.82) is 0 Å². The average Bonchev–Trinajstić information content (AvgIpc) is 2.78. The van der Waals surface area contributed by atoms with Crippen molar-refractivity contribution in [2.24, 2.45) is 0 Å². The van der Waals surface area contributed by atoms with E-state index in [0.29, 0.717) is 35.7 Å². The van der Waals surface area contributed by atoms with E-state index in [-0.39, 0.29) is 35.7 Å². The Kier molecular flexibility index (Phi) is 10.2. The van der Waals surface area contributed by atoms with Crippen molar-refractivity contribution in [1.82, 2.24) is 0 Å². The Morgan fingerprint density at radius 3 is 2.15 bits per heavy atom. The number of carbonyl (C=O) groups excluding carboxylic acids is 2. The van der Waals surface area contributed by atoms with Crippen molar-refractivity contribution in [3.8, 4) is 22.6 Å². The average molecular weight is 471 g/mol. The second-order valence-electron chi connectivity index (χ2n) is 7.79. The highest BCUT2D eigenvalue weighted by molar-refractivity contribution is 5.89. The molecule has 0 unspecified atom stereocenters. The minimum absolute atomic E-state index is 0.0578. The number of carbonyl (C=O) groups is 2.